The summed E-state index contributed by atoms with van der Waals surface area (Å²) < 4.78 is 40.8. The lowest BCUT2D eigenvalue weighted by atomic mass is 10.0. The Hall–Kier alpha value is -2.94. The van der Waals surface area contributed by atoms with Crippen molar-refractivity contribution < 1.29 is 18.0 Å². The highest BCUT2D eigenvalue weighted by Gasteiger charge is 2.43. The minimum Gasteiger partial charge on any atom is -0.323 e. The molecule has 0 N–H and O–H groups in total. The number of rotatable bonds is 3. The van der Waals surface area contributed by atoms with E-state index in [0.717, 1.165) is 9.44 Å². The molecule has 3 heterocycles. The molecule has 28 heavy (non-hydrogen) atoms. The Morgan fingerprint density at radius 3 is 2.57 bits per heavy atom. The molecule has 0 aliphatic carbocycles. The molecule has 2 aromatic heterocycles. The highest BCUT2D eigenvalue weighted by Crippen LogP contribution is 2.36. The van der Waals surface area contributed by atoms with Crippen molar-refractivity contribution in [2.75, 3.05) is 6.54 Å². The smallest absolute Gasteiger partial charge is 0.323 e. The molecule has 1 amide bonds. The molecule has 0 saturated carbocycles. The van der Waals surface area contributed by atoms with E-state index in [1.807, 2.05) is 17.5 Å². The van der Waals surface area contributed by atoms with Gasteiger partial charge < -0.3 is 9.47 Å². The number of halogens is 3. The minimum absolute atomic E-state index is 0.0148. The van der Waals surface area contributed by atoms with Crippen molar-refractivity contribution in [3.63, 3.8) is 0 Å². The summed E-state index contributed by atoms with van der Waals surface area (Å²) in [7, 11) is 0. The van der Waals surface area contributed by atoms with Crippen LogP contribution in [-0.4, -0.2) is 32.1 Å². The van der Waals surface area contributed by atoms with Gasteiger partial charge in [-0.2, -0.15) is 13.2 Å². The lowest BCUT2D eigenvalue weighted by molar-refractivity contribution is -0.148. The van der Waals surface area contributed by atoms with E-state index in [-0.39, 0.29) is 24.8 Å². The quantitative estimate of drug-likeness (QED) is 0.620. The van der Waals surface area contributed by atoms with Crippen LogP contribution >= 0.6 is 11.3 Å². The summed E-state index contributed by atoms with van der Waals surface area (Å²) in [6, 6.07) is 11.9. The minimum atomic E-state index is -4.60. The van der Waals surface area contributed by atoms with Crippen molar-refractivity contribution in [2.24, 2.45) is 0 Å². The predicted octanol–water partition coefficient (Wildman–Crippen LogP) is 4.00. The maximum absolute atomic E-state index is 13.3. The molecule has 0 fully saturated rings. The summed E-state index contributed by atoms with van der Waals surface area (Å²) in [5.74, 6) is -1.21. The molecule has 1 unspecified atom stereocenters. The monoisotopic (exact) mass is 404 g/mol. The fourth-order valence-electron chi connectivity index (χ4n) is 3.26. The molecule has 5 nitrogen and oxygen atoms in total. The molecule has 0 saturated heterocycles. The number of amides is 1. The maximum atomic E-state index is 13.3. The van der Waals surface area contributed by atoms with Crippen molar-refractivity contribution in [2.45, 2.75) is 18.8 Å². The molecule has 1 atom stereocenters. The lowest BCUT2D eigenvalue weighted by Gasteiger charge is -2.35. The summed E-state index contributed by atoms with van der Waals surface area (Å²) >= 11 is 1.49. The first kappa shape index (κ1) is 18.4. The second-order valence-electron chi connectivity index (χ2n) is 6.22. The van der Waals surface area contributed by atoms with Gasteiger partial charge in [-0.15, -0.1) is 21.5 Å². The zero-order chi connectivity index (χ0) is 19.7. The molecule has 1 aliphatic rings. The number of carbonyl (C=O) groups excluding carboxylic acids is 1. The second kappa shape index (κ2) is 7.23. The van der Waals surface area contributed by atoms with E-state index >= 15 is 0 Å². The topological polar surface area (TPSA) is 51.0 Å². The third-order valence-electron chi connectivity index (χ3n) is 4.49. The molecule has 1 aromatic carbocycles. The highest BCUT2D eigenvalue weighted by molar-refractivity contribution is 7.10. The number of hydrogen-bond acceptors (Lipinski definition) is 4. The van der Waals surface area contributed by atoms with Crippen LogP contribution in [0.2, 0.25) is 0 Å². The Kier molecular flexibility index (Phi) is 4.76. The van der Waals surface area contributed by atoms with Gasteiger partial charge in [-0.25, -0.2) is 0 Å². The number of hydrogen-bond donors (Lipinski definition) is 0. The van der Waals surface area contributed by atoms with Gasteiger partial charge in [0.05, 0.1) is 0 Å². The lowest BCUT2D eigenvalue weighted by Crippen LogP contribution is -2.42. The normalized spacial score (nSPS) is 17.1. The van der Waals surface area contributed by atoms with E-state index in [1.54, 1.807) is 36.4 Å². The van der Waals surface area contributed by atoms with Crippen molar-refractivity contribution in [1.82, 2.24) is 19.7 Å². The summed E-state index contributed by atoms with van der Waals surface area (Å²) in [6.45, 7) is 0.111. The zero-order valence-corrected chi connectivity index (χ0v) is 15.3. The zero-order valence-electron chi connectivity index (χ0n) is 14.5. The average Bonchev–Trinajstić information content (AvgIpc) is 3.35. The van der Waals surface area contributed by atoms with Gasteiger partial charge in [-0.05, 0) is 23.1 Å². The Bertz CT molecular complexity index is 996. The largest absolute Gasteiger partial charge is 0.451 e. The van der Waals surface area contributed by atoms with Crippen LogP contribution in [0, 0.1) is 0 Å². The summed E-state index contributed by atoms with van der Waals surface area (Å²) in [5, 5.41) is 9.06. The van der Waals surface area contributed by atoms with Crippen LogP contribution < -0.4 is 0 Å². The van der Waals surface area contributed by atoms with Crippen molar-refractivity contribution in [3.05, 3.63) is 76.0 Å². The molecule has 4 rings (SSSR count). The summed E-state index contributed by atoms with van der Waals surface area (Å²) in [6.07, 6.45) is -1.45. The van der Waals surface area contributed by atoms with Crippen molar-refractivity contribution in [1.29, 1.82) is 0 Å². The molecule has 9 heteroatoms. The molecule has 1 aliphatic heterocycles. The first-order valence-corrected chi connectivity index (χ1v) is 9.40. The number of aromatic nitrogens is 3. The summed E-state index contributed by atoms with van der Waals surface area (Å²) in [4.78, 5) is 15.3. The van der Waals surface area contributed by atoms with Crippen LogP contribution in [0.15, 0.2) is 53.9 Å². The van der Waals surface area contributed by atoms with E-state index in [9.17, 15) is 18.0 Å². The van der Waals surface area contributed by atoms with Crippen LogP contribution in [0.25, 0.3) is 6.08 Å². The van der Waals surface area contributed by atoms with Crippen molar-refractivity contribution in [3.8, 4) is 0 Å². The van der Waals surface area contributed by atoms with Crippen molar-refractivity contribution >= 4 is 23.3 Å². The first-order valence-electron chi connectivity index (χ1n) is 8.52. The second-order valence-corrected chi connectivity index (χ2v) is 7.20. The number of alkyl halides is 3. The van der Waals surface area contributed by atoms with Gasteiger partial charge in [0.25, 0.3) is 0 Å². The van der Waals surface area contributed by atoms with Crippen LogP contribution in [0.4, 0.5) is 13.2 Å². The SMILES string of the molecule is O=C(/C=C/c1cccs1)N1CCn2c(nnc2C(F)(F)F)C1c1ccccc1. The Labute approximate surface area is 162 Å². The molecule has 0 bridgehead atoms. The van der Waals surface area contributed by atoms with Gasteiger partial charge in [0.1, 0.15) is 6.04 Å². The van der Waals surface area contributed by atoms with Crippen LogP contribution in [0.5, 0.6) is 0 Å². The van der Waals surface area contributed by atoms with E-state index in [0.29, 0.717) is 5.56 Å². The van der Waals surface area contributed by atoms with Gasteiger partial charge >= 0.3 is 6.18 Å². The Morgan fingerprint density at radius 2 is 1.89 bits per heavy atom. The standard InChI is InChI=1S/C19H15F3N4OS/c20-19(21,22)18-24-23-17-16(13-5-2-1-3-6-13)25(10-11-26(17)18)15(27)9-8-14-7-4-12-28-14/h1-9,12,16H,10-11H2/b9-8+. The fraction of sp³-hybridized carbons (Fsp3) is 0.211. The number of carbonyl (C=O) groups is 1. The molecule has 144 valence electrons. The van der Waals surface area contributed by atoms with Crippen LogP contribution in [0.1, 0.15) is 28.1 Å². The molecular formula is C19H15F3N4OS. The van der Waals surface area contributed by atoms with E-state index in [2.05, 4.69) is 10.2 Å². The third-order valence-corrected chi connectivity index (χ3v) is 5.32. The molecule has 0 spiro atoms. The first-order chi connectivity index (χ1) is 13.4. The van der Waals surface area contributed by atoms with Crippen LogP contribution in [-0.2, 0) is 17.5 Å². The third kappa shape index (κ3) is 3.45. The predicted molar refractivity (Wildman–Crippen MR) is 98.4 cm³/mol. The van der Waals surface area contributed by atoms with E-state index in [4.69, 9.17) is 0 Å². The number of thiophene rings is 1. The Balaban J connectivity index is 1.73. The average molecular weight is 404 g/mol. The van der Waals surface area contributed by atoms with Gasteiger partial charge in [0, 0.05) is 24.0 Å². The molecular weight excluding hydrogens is 389 g/mol. The van der Waals surface area contributed by atoms with Gasteiger partial charge in [-0.1, -0.05) is 36.4 Å². The number of fused-ring (bicyclic) bond motifs is 1. The van der Waals surface area contributed by atoms with Crippen LogP contribution in [0.3, 0.4) is 0 Å². The summed E-state index contributed by atoms with van der Waals surface area (Å²) in [5.41, 5.74) is 0.683. The van der Waals surface area contributed by atoms with Gasteiger partial charge in [-0.3, -0.25) is 4.79 Å². The Morgan fingerprint density at radius 1 is 1.11 bits per heavy atom. The number of nitrogens with zero attached hydrogens (tertiary/aromatic N) is 4. The fourth-order valence-corrected chi connectivity index (χ4v) is 3.88. The van der Waals surface area contributed by atoms with Gasteiger partial charge in [0.2, 0.25) is 11.7 Å². The van der Waals surface area contributed by atoms with E-state index in [1.165, 1.54) is 22.3 Å². The maximum Gasteiger partial charge on any atom is 0.451 e. The van der Waals surface area contributed by atoms with Gasteiger partial charge in [0.15, 0.2) is 5.82 Å². The highest BCUT2D eigenvalue weighted by atomic mass is 32.1. The number of benzene rings is 1. The van der Waals surface area contributed by atoms with E-state index < -0.39 is 18.0 Å². The molecule has 0 radical (unpaired) electrons. The molecule has 3 aromatic rings.